The van der Waals surface area contributed by atoms with Crippen molar-refractivity contribution in [1.82, 2.24) is 9.97 Å². The molecule has 0 saturated heterocycles. The fourth-order valence-corrected chi connectivity index (χ4v) is 1.75. The summed E-state index contributed by atoms with van der Waals surface area (Å²) in [5.74, 6) is 0.509. The molecule has 0 aliphatic carbocycles. The lowest BCUT2D eigenvalue weighted by Crippen LogP contribution is -2.01. The number of aromatic nitrogens is 2. The number of halogens is 1. The number of hydrogen-bond donors (Lipinski definition) is 0. The van der Waals surface area contributed by atoms with E-state index in [2.05, 4.69) is 9.97 Å². The minimum Gasteiger partial charge on any atom is -0.258 e. The summed E-state index contributed by atoms with van der Waals surface area (Å²) in [6, 6.07) is 9.88. The molecule has 2 aromatic rings. The molecular weight excluding hydrogens is 254 g/mol. The Kier molecular flexibility index (Phi) is 3.84. The number of nitrogens with zero attached hydrogens (tertiary/aromatic N) is 3. The van der Waals surface area contributed by atoms with Crippen LogP contribution in [0.4, 0.5) is 5.69 Å². The molecule has 0 spiro atoms. The van der Waals surface area contributed by atoms with Gasteiger partial charge in [0.25, 0.3) is 0 Å². The highest BCUT2D eigenvalue weighted by molar-refractivity contribution is 6.31. The molecule has 0 bridgehead atoms. The van der Waals surface area contributed by atoms with Crippen LogP contribution in [0.2, 0.25) is 5.15 Å². The molecule has 6 heteroatoms. The summed E-state index contributed by atoms with van der Waals surface area (Å²) in [6.07, 6.45) is 2.52. The van der Waals surface area contributed by atoms with E-state index in [1.165, 1.54) is 0 Å². The van der Waals surface area contributed by atoms with Crippen LogP contribution in [0.15, 0.2) is 36.5 Å². The van der Waals surface area contributed by atoms with Crippen molar-refractivity contribution in [3.05, 3.63) is 63.2 Å². The van der Waals surface area contributed by atoms with E-state index >= 15 is 0 Å². The van der Waals surface area contributed by atoms with Gasteiger partial charge in [-0.05, 0) is 12.0 Å². The van der Waals surface area contributed by atoms with E-state index in [-0.39, 0.29) is 10.8 Å². The van der Waals surface area contributed by atoms with Crippen molar-refractivity contribution in [1.29, 1.82) is 0 Å². The van der Waals surface area contributed by atoms with Crippen LogP contribution < -0.4 is 0 Å². The van der Waals surface area contributed by atoms with Crippen LogP contribution in [0.1, 0.15) is 11.4 Å². The normalized spacial score (nSPS) is 10.3. The summed E-state index contributed by atoms with van der Waals surface area (Å²) in [4.78, 5) is 17.8. The zero-order chi connectivity index (χ0) is 13.0. The molecule has 0 saturated carbocycles. The first-order valence-electron chi connectivity index (χ1n) is 5.36. The topological polar surface area (TPSA) is 68.9 Å². The Morgan fingerprint density at radius 3 is 2.56 bits per heavy atom. The molecule has 0 N–H and O–H groups in total. The number of aryl methyl sites for hydroxylation is 2. The molecule has 0 aliphatic rings. The second-order valence-corrected chi connectivity index (χ2v) is 4.06. The third-order valence-corrected chi connectivity index (χ3v) is 2.73. The van der Waals surface area contributed by atoms with Crippen LogP contribution in [0.5, 0.6) is 0 Å². The molecule has 18 heavy (non-hydrogen) atoms. The molecule has 0 unspecified atom stereocenters. The Morgan fingerprint density at radius 2 is 1.94 bits per heavy atom. The van der Waals surface area contributed by atoms with Crippen LogP contribution in [-0.2, 0) is 12.8 Å². The molecule has 0 fully saturated rings. The average molecular weight is 264 g/mol. The predicted octanol–water partition coefficient (Wildman–Crippen LogP) is 2.82. The van der Waals surface area contributed by atoms with Gasteiger partial charge in [0.05, 0.1) is 4.92 Å². The van der Waals surface area contributed by atoms with Crippen LogP contribution in [0.3, 0.4) is 0 Å². The van der Waals surface area contributed by atoms with Crippen molar-refractivity contribution in [2.24, 2.45) is 0 Å². The summed E-state index contributed by atoms with van der Waals surface area (Å²) in [7, 11) is 0. The second kappa shape index (κ2) is 5.55. The Hall–Kier alpha value is -2.01. The summed E-state index contributed by atoms with van der Waals surface area (Å²) in [5, 5.41) is 10.4. The average Bonchev–Trinajstić information content (AvgIpc) is 2.37. The second-order valence-electron chi connectivity index (χ2n) is 3.70. The van der Waals surface area contributed by atoms with Gasteiger partial charge in [-0.15, -0.1) is 0 Å². The first-order valence-corrected chi connectivity index (χ1v) is 5.74. The van der Waals surface area contributed by atoms with Gasteiger partial charge < -0.3 is 0 Å². The Labute approximate surface area is 109 Å². The highest BCUT2D eigenvalue weighted by Gasteiger charge is 2.14. The molecule has 1 aromatic carbocycles. The zero-order valence-electron chi connectivity index (χ0n) is 9.41. The minimum atomic E-state index is -0.594. The molecule has 1 heterocycles. The first kappa shape index (κ1) is 12.4. The lowest BCUT2D eigenvalue weighted by molar-refractivity contribution is -0.385. The van der Waals surface area contributed by atoms with E-state index in [1.54, 1.807) is 0 Å². The summed E-state index contributed by atoms with van der Waals surface area (Å²) in [5.41, 5.74) is 0.899. The lowest BCUT2D eigenvalue weighted by Gasteiger charge is -2.01. The molecule has 0 radical (unpaired) electrons. The number of benzene rings is 1. The maximum absolute atomic E-state index is 10.6. The third-order valence-electron chi connectivity index (χ3n) is 2.45. The van der Waals surface area contributed by atoms with E-state index in [9.17, 15) is 10.1 Å². The van der Waals surface area contributed by atoms with E-state index in [0.717, 1.165) is 18.2 Å². The Morgan fingerprint density at radius 1 is 1.22 bits per heavy atom. The summed E-state index contributed by atoms with van der Waals surface area (Å²) in [6.45, 7) is 0. The van der Waals surface area contributed by atoms with E-state index < -0.39 is 4.92 Å². The predicted molar refractivity (Wildman–Crippen MR) is 67.5 cm³/mol. The maximum atomic E-state index is 10.6. The Balaban J connectivity index is 2.07. The Bertz CT molecular complexity index is 561. The summed E-state index contributed by atoms with van der Waals surface area (Å²) < 4.78 is 0. The monoisotopic (exact) mass is 263 g/mol. The maximum Gasteiger partial charge on any atom is 0.324 e. The highest BCUT2D eigenvalue weighted by atomic mass is 35.5. The number of nitro groups is 1. The molecule has 92 valence electrons. The lowest BCUT2D eigenvalue weighted by atomic mass is 10.1. The molecular formula is C12H10ClN3O2. The number of hydrogen-bond acceptors (Lipinski definition) is 4. The van der Waals surface area contributed by atoms with Gasteiger partial charge in [-0.3, -0.25) is 10.1 Å². The molecule has 5 nitrogen and oxygen atoms in total. The largest absolute Gasteiger partial charge is 0.324 e. The number of rotatable bonds is 4. The highest BCUT2D eigenvalue weighted by Crippen LogP contribution is 2.20. The van der Waals surface area contributed by atoms with Gasteiger partial charge in [-0.25, -0.2) is 9.97 Å². The van der Waals surface area contributed by atoms with Crippen LogP contribution in [-0.4, -0.2) is 14.9 Å². The third kappa shape index (κ3) is 3.01. The first-order chi connectivity index (χ1) is 8.66. The van der Waals surface area contributed by atoms with Crippen LogP contribution in [0, 0.1) is 10.1 Å². The summed E-state index contributed by atoms with van der Waals surface area (Å²) >= 11 is 5.71. The SMILES string of the molecule is O=[N+]([O-])c1cnc(CCc2ccccc2)nc1Cl. The van der Waals surface area contributed by atoms with Crippen molar-refractivity contribution < 1.29 is 4.92 Å². The molecule has 1 aromatic heterocycles. The zero-order valence-corrected chi connectivity index (χ0v) is 10.2. The standard InChI is InChI=1S/C12H10ClN3O2/c13-12-10(16(17)18)8-14-11(15-12)7-6-9-4-2-1-3-5-9/h1-5,8H,6-7H2. The molecule has 2 rings (SSSR count). The van der Waals surface area contributed by atoms with E-state index in [4.69, 9.17) is 11.6 Å². The van der Waals surface area contributed by atoms with Gasteiger partial charge in [0.15, 0.2) is 0 Å². The fraction of sp³-hybridized carbons (Fsp3) is 0.167. The van der Waals surface area contributed by atoms with Gasteiger partial charge in [0.2, 0.25) is 5.15 Å². The van der Waals surface area contributed by atoms with Crippen molar-refractivity contribution >= 4 is 17.3 Å². The van der Waals surface area contributed by atoms with E-state index in [1.807, 2.05) is 30.3 Å². The van der Waals surface area contributed by atoms with Gasteiger partial charge in [0.1, 0.15) is 12.0 Å². The molecule has 0 aliphatic heterocycles. The molecule has 0 atom stereocenters. The minimum absolute atomic E-state index is 0.113. The van der Waals surface area contributed by atoms with Crippen LogP contribution >= 0.6 is 11.6 Å². The van der Waals surface area contributed by atoms with Gasteiger partial charge >= 0.3 is 5.69 Å². The quantitative estimate of drug-likeness (QED) is 0.483. The fourth-order valence-electron chi connectivity index (χ4n) is 1.53. The van der Waals surface area contributed by atoms with Crippen molar-refractivity contribution in [3.8, 4) is 0 Å². The van der Waals surface area contributed by atoms with Gasteiger partial charge in [-0.2, -0.15) is 0 Å². The van der Waals surface area contributed by atoms with Gasteiger partial charge in [0, 0.05) is 6.42 Å². The smallest absolute Gasteiger partial charge is 0.258 e. The van der Waals surface area contributed by atoms with Crippen molar-refractivity contribution in [2.75, 3.05) is 0 Å². The van der Waals surface area contributed by atoms with Crippen molar-refractivity contribution in [2.45, 2.75) is 12.8 Å². The molecule has 0 amide bonds. The van der Waals surface area contributed by atoms with Crippen molar-refractivity contribution in [3.63, 3.8) is 0 Å². The van der Waals surface area contributed by atoms with Gasteiger partial charge in [-0.1, -0.05) is 41.9 Å². The van der Waals surface area contributed by atoms with E-state index in [0.29, 0.717) is 12.2 Å². The van der Waals surface area contributed by atoms with Crippen LogP contribution in [0.25, 0.3) is 0 Å².